The molecule has 0 atom stereocenters. The normalized spacial score (nSPS) is 11.7. The number of aliphatic hydroxyl groups excluding tert-OH is 1. The van der Waals surface area contributed by atoms with Gasteiger partial charge in [0.15, 0.2) is 0 Å². The standard InChI is InChI=1S/C13H18F3N3O2/c14-13(15,16)9-19(5-7-20)6-8-21-11-3-1-10(2-4-11)12(17)18/h1-4,20H,5-9H2,(H3,17,18). The van der Waals surface area contributed by atoms with Crippen molar-refractivity contribution in [2.75, 3.05) is 32.8 Å². The molecule has 0 fully saturated rings. The molecule has 21 heavy (non-hydrogen) atoms. The second-order valence-corrected chi connectivity index (χ2v) is 4.40. The maximum atomic E-state index is 12.3. The summed E-state index contributed by atoms with van der Waals surface area (Å²) in [6, 6.07) is 6.38. The Labute approximate surface area is 120 Å². The zero-order valence-corrected chi connectivity index (χ0v) is 11.4. The van der Waals surface area contributed by atoms with Gasteiger partial charge in [0.2, 0.25) is 0 Å². The zero-order valence-electron chi connectivity index (χ0n) is 11.4. The predicted molar refractivity (Wildman–Crippen MR) is 72.5 cm³/mol. The van der Waals surface area contributed by atoms with Crippen LogP contribution in [-0.2, 0) is 0 Å². The summed E-state index contributed by atoms with van der Waals surface area (Å²) in [7, 11) is 0. The van der Waals surface area contributed by atoms with Crippen molar-refractivity contribution in [2.45, 2.75) is 6.18 Å². The highest BCUT2D eigenvalue weighted by molar-refractivity contribution is 5.94. The van der Waals surface area contributed by atoms with Crippen LogP contribution in [0.5, 0.6) is 5.75 Å². The number of nitrogens with two attached hydrogens (primary N) is 1. The molecule has 0 radical (unpaired) electrons. The minimum absolute atomic E-state index is 0.0501. The molecule has 0 heterocycles. The van der Waals surface area contributed by atoms with E-state index in [9.17, 15) is 13.2 Å². The van der Waals surface area contributed by atoms with E-state index in [1.54, 1.807) is 24.3 Å². The number of hydrogen-bond donors (Lipinski definition) is 3. The molecule has 1 aromatic rings. The number of halogens is 3. The first kappa shape index (κ1) is 17.3. The summed E-state index contributed by atoms with van der Waals surface area (Å²) in [6.45, 7) is -1.38. The zero-order chi connectivity index (χ0) is 15.9. The molecule has 1 aromatic carbocycles. The third kappa shape index (κ3) is 6.96. The lowest BCUT2D eigenvalue weighted by Gasteiger charge is -2.22. The second-order valence-electron chi connectivity index (χ2n) is 4.40. The Morgan fingerprint density at radius 2 is 1.86 bits per heavy atom. The summed E-state index contributed by atoms with van der Waals surface area (Å²) in [5.41, 5.74) is 5.84. The van der Waals surface area contributed by atoms with Gasteiger partial charge in [0.1, 0.15) is 18.2 Å². The summed E-state index contributed by atoms with van der Waals surface area (Å²) >= 11 is 0. The smallest absolute Gasteiger partial charge is 0.401 e. The van der Waals surface area contributed by atoms with Crippen LogP contribution in [0.3, 0.4) is 0 Å². The maximum absolute atomic E-state index is 12.3. The van der Waals surface area contributed by atoms with Gasteiger partial charge in [-0.1, -0.05) is 0 Å². The topological polar surface area (TPSA) is 82.6 Å². The molecule has 0 unspecified atom stereocenters. The largest absolute Gasteiger partial charge is 0.492 e. The van der Waals surface area contributed by atoms with Gasteiger partial charge >= 0.3 is 6.18 Å². The quantitative estimate of drug-likeness (QED) is 0.498. The highest BCUT2D eigenvalue weighted by atomic mass is 19.4. The summed E-state index contributed by atoms with van der Waals surface area (Å²) in [6.07, 6.45) is -4.31. The molecule has 118 valence electrons. The number of aliphatic hydroxyl groups is 1. The Kier molecular flexibility index (Phi) is 6.44. The SMILES string of the molecule is N=C(N)c1ccc(OCCN(CCO)CC(F)(F)F)cc1. The van der Waals surface area contributed by atoms with E-state index in [1.807, 2.05) is 0 Å². The van der Waals surface area contributed by atoms with E-state index in [0.29, 0.717) is 11.3 Å². The van der Waals surface area contributed by atoms with E-state index < -0.39 is 12.7 Å². The Hall–Kier alpha value is -1.80. The van der Waals surface area contributed by atoms with E-state index >= 15 is 0 Å². The minimum atomic E-state index is -4.31. The summed E-state index contributed by atoms with van der Waals surface area (Å²) in [5, 5.41) is 16.0. The highest BCUT2D eigenvalue weighted by Gasteiger charge is 2.30. The summed E-state index contributed by atoms with van der Waals surface area (Å²) in [5.74, 6) is 0.414. The molecule has 0 aliphatic rings. The molecule has 8 heteroatoms. The summed E-state index contributed by atoms with van der Waals surface area (Å²) < 4.78 is 42.2. The van der Waals surface area contributed by atoms with E-state index in [2.05, 4.69) is 0 Å². The Morgan fingerprint density at radius 3 is 2.33 bits per heavy atom. The lowest BCUT2D eigenvalue weighted by molar-refractivity contribution is -0.147. The fourth-order valence-electron chi connectivity index (χ4n) is 1.69. The van der Waals surface area contributed by atoms with Crippen molar-refractivity contribution in [2.24, 2.45) is 5.73 Å². The van der Waals surface area contributed by atoms with E-state index in [1.165, 1.54) is 0 Å². The van der Waals surface area contributed by atoms with Gasteiger partial charge in [-0.25, -0.2) is 0 Å². The molecule has 0 saturated heterocycles. The molecule has 0 aromatic heterocycles. The van der Waals surface area contributed by atoms with Gasteiger partial charge in [-0.15, -0.1) is 0 Å². The first-order valence-electron chi connectivity index (χ1n) is 6.29. The summed E-state index contributed by atoms with van der Waals surface area (Å²) in [4.78, 5) is 1.07. The van der Waals surface area contributed by atoms with Gasteiger partial charge in [0.05, 0.1) is 13.2 Å². The number of ether oxygens (including phenoxy) is 1. The average Bonchev–Trinajstić information content (AvgIpc) is 2.37. The first-order valence-corrected chi connectivity index (χ1v) is 6.29. The molecular formula is C13H18F3N3O2. The van der Waals surface area contributed by atoms with Crippen LogP contribution < -0.4 is 10.5 Å². The predicted octanol–water partition coefficient (Wildman–Crippen LogP) is 1.21. The third-order valence-corrected chi connectivity index (χ3v) is 2.66. The van der Waals surface area contributed by atoms with Crippen molar-refractivity contribution in [1.29, 1.82) is 5.41 Å². The monoisotopic (exact) mass is 305 g/mol. The molecular weight excluding hydrogens is 287 g/mol. The number of benzene rings is 1. The van der Waals surface area contributed by atoms with Crippen LogP contribution in [0, 0.1) is 5.41 Å². The van der Waals surface area contributed by atoms with Gasteiger partial charge in [-0.2, -0.15) is 13.2 Å². The van der Waals surface area contributed by atoms with Crippen molar-refractivity contribution in [3.63, 3.8) is 0 Å². The Bertz CT molecular complexity index is 449. The average molecular weight is 305 g/mol. The fraction of sp³-hybridized carbons (Fsp3) is 0.462. The number of amidine groups is 1. The lowest BCUT2D eigenvalue weighted by Crippen LogP contribution is -2.38. The number of nitrogens with zero attached hydrogens (tertiary/aromatic N) is 1. The number of nitrogen functional groups attached to an aromatic ring is 1. The van der Waals surface area contributed by atoms with Crippen LogP contribution in [0.4, 0.5) is 13.2 Å². The number of hydrogen-bond acceptors (Lipinski definition) is 4. The van der Waals surface area contributed by atoms with Crippen LogP contribution in [0.1, 0.15) is 5.56 Å². The molecule has 0 saturated carbocycles. The van der Waals surface area contributed by atoms with Crippen LogP contribution >= 0.6 is 0 Å². The van der Waals surface area contributed by atoms with Crippen LogP contribution in [0.2, 0.25) is 0 Å². The van der Waals surface area contributed by atoms with Gasteiger partial charge in [0.25, 0.3) is 0 Å². The highest BCUT2D eigenvalue weighted by Crippen LogP contribution is 2.16. The Balaban J connectivity index is 2.44. The second kappa shape index (κ2) is 7.84. The third-order valence-electron chi connectivity index (χ3n) is 2.66. The van der Waals surface area contributed by atoms with Gasteiger partial charge in [0, 0.05) is 18.7 Å². The molecule has 0 amide bonds. The number of alkyl halides is 3. The maximum Gasteiger partial charge on any atom is 0.401 e. The van der Waals surface area contributed by atoms with Gasteiger partial charge in [-0.3, -0.25) is 10.3 Å². The molecule has 0 bridgehead atoms. The fourth-order valence-corrected chi connectivity index (χ4v) is 1.69. The minimum Gasteiger partial charge on any atom is -0.492 e. The molecule has 0 aliphatic carbocycles. The van der Waals surface area contributed by atoms with Crippen molar-refractivity contribution in [1.82, 2.24) is 4.90 Å². The van der Waals surface area contributed by atoms with Crippen molar-refractivity contribution < 1.29 is 23.0 Å². The van der Waals surface area contributed by atoms with Crippen LogP contribution in [0.15, 0.2) is 24.3 Å². The molecule has 0 aliphatic heterocycles. The van der Waals surface area contributed by atoms with E-state index in [-0.39, 0.29) is 32.1 Å². The molecule has 5 nitrogen and oxygen atoms in total. The van der Waals surface area contributed by atoms with Crippen LogP contribution in [0.25, 0.3) is 0 Å². The lowest BCUT2D eigenvalue weighted by atomic mass is 10.2. The first-order chi connectivity index (χ1) is 9.81. The van der Waals surface area contributed by atoms with E-state index in [0.717, 1.165) is 4.90 Å². The molecule has 4 N–H and O–H groups in total. The van der Waals surface area contributed by atoms with Crippen LogP contribution in [-0.4, -0.2) is 54.9 Å². The Morgan fingerprint density at radius 1 is 1.24 bits per heavy atom. The van der Waals surface area contributed by atoms with E-state index in [4.69, 9.17) is 21.0 Å². The molecule has 0 spiro atoms. The van der Waals surface area contributed by atoms with Gasteiger partial charge < -0.3 is 15.6 Å². The number of nitrogens with one attached hydrogen (secondary N) is 1. The van der Waals surface area contributed by atoms with Crippen molar-refractivity contribution >= 4 is 5.84 Å². The van der Waals surface area contributed by atoms with Crippen molar-refractivity contribution in [3.05, 3.63) is 29.8 Å². The van der Waals surface area contributed by atoms with Crippen molar-refractivity contribution in [3.8, 4) is 5.75 Å². The molecule has 1 rings (SSSR count). The number of rotatable bonds is 8. The van der Waals surface area contributed by atoms with Gasteiger partial charge in [-0.05, 0) is 24.3 Å².